The Morgan fingerprint density at radius 3 is 1.88 bits per heavy atom. The van der Waals surface area contributed by atoms with Gasteiger partial charge in [-0.05, 0) is 6.42 Å². The third kappa shape index (κ3) is 8.60. The van der Waals surface area contributed by atoms with E-state index >= 15 is 0 Å². The zero-order chi connectivity index (χ0) is 23.3. The minimum atomic E-state index is -0.399. The third-order valence-corrected chi connectivity index (χ3v) is 7.44. The molecule has 184 valence electrons. The molecule has 1 N–H and O–H groups in total. The van der Waals surface area contributed by atoms with E-state index in [-0.39, 0.29) is 18.0 Å². The van der Waals surface area contributed by atoms with Gasteiger partial charge in [-0.2, -0.15) is 0 Å². The Morgan fingerprint density at radius 1 is 0.875 bits per heavy atom. The van der Waals surface area contributed by atoms with Crippen LogP contribution < -0.4 is 5.32 Å². The second-order valence-corrected chi connectivity index (χ2v) is 11.2. The smallest absolute Gasteiger partial charge is 0.325 e. The molecule has 2 rings (SSSR count). The fraction of sp³-hybridized carbons (Fsp3) is 0.880. The number of rotatable bonds is 16. The standard InChI is InChI=1S/C25H46N4O2S/c1-5-6-7-8-9-10-11-12-13-14-15-16-17-18-19-29-21-22(26-25(29)32-20(2)3)28(4)24(31)27-23(21)30/h20-22H,5-19H2,1-4H3,(H,27,30,31). The maximum Gasteiger partial charge on any atom is 0.325 e. The van der Waals surface area contributed by atoms with E-state index in [9.17, 15) is 9.59 Å². The summed E-state index contributed by atoms with van der Waals surface area (Å²) in [6.07, 6.45) is 18.3. The minimum Gasteiger partial charge on any atom is -0.336 e. The highest BCUT2D eigenvalue weighted by molar-refractivity contribution is 8.14. The van der Waals surface area contributed by atoms with Crippen LogP contribution in [0.3, 0.4) is 0 Å². The number of imide groups is 1. The van der Waals surface area contributed by atoms with E-state index < -0.39 is 6.17 Å². The highest BCUT2D eigenvalue weighted by Gasteiger charge is 2.48. The average Bonchev–Trinajstić information content (AvgIpc) is 3.10. The van der Waals surface area contributed by atoms with Crippen molar-refractivity contribution in [3.63, 3.8) is 0 Å². The predicted molar refractivity (Wildman–Crippen MR) is 136 cm³/mol. The lowest BCUT2D eigenvalue weighted by molar-refractivity contribution is -0.127. The molecule has 0 aromatic rings. The van der Waals surface area contributed by atoms with Crippen LogP contribution in [0.4, 0.5) is 4.79 Å². The summed E-state index contributed by atoms with van der Waals surface area (Å²) in [4.78, 5) is 33.0. The number of likely N-dealkylation sites (N-methyl/N-ethyl adjacent to an activating group) is 1. The second kappa shape index (κ2) is 14.8. The van der Waals surface area contributed by atoms with Gasteiger partial charge < -0.3 is 9.80 Å². The molecule has 0 bridgehead atoms. The molecule has 0 radical (unpaired) electrons. The summed E-state index contributed by atoms with van der Waals surface area (Å²) in [5, 5.41) is 3.77. The number of nitrogens with zero attached hydrogens (tertiary/aromatic N) is 3. The van der Waals surface area contributed by atoms with Gasteiger partial charge in [0.25, 0.3) is 5.91 Å². The van der Waals surface area contributed by atoms with Crippen molar-refractivity contribution < 1.29 is 9.59 Å². The van der Waals surface area contributed by atoms with Crippen LogP contribution in [0.25, 0.3) is 0 Å². The Morgan fingerprint density at radius 2 is 1.38 bits per heavy atom. The topological polar surface area (TPSA) is 65.0 Å². The molecule has 7 heteroatoms. The van der Waals surface area contributed by atoms with Gasteiger partial charge in [-0.1, -0.05) is 116 Å². The monoisotopic (exact) mass is 466 g/mol. The van der Waals surface area contributed by atoms with Crippen LogP contribution in [0.5, 0.6) is 0 Å². The molecule has 2 aliphatic rings. The zero-order valence-corrected chi connectivity index (χ0v) is 21.7. The molecule has 2 atom stereocenters. The molecule has 2 aliphatic heterocycles. The maximum atomic E-state index is 12.5. The molecule has 6 nitrogen and oxygen atoms in total. The maximum absolute atomic E-state index is 12.5. The van der Waals surface area contributed by atoms with Crippen molar-refractivity contribution in [2.75, 3.05) is 13.6 Å². The number of nitrogens with one attached hydrogen (secondary N) is 1. The summed E-state index contributed by atoms with van der Waals surface area (Å²) < 4.78 is 0. The molecular formula is C25H46N4O2S. The van der Waals surface area contributed by atoms with Crippen LogP contribution in [0.1, 0.15) is 111 Å². The summed E-state index contributed by atoms with van der Waals surface area (Å²) in [6.45, 7) is 7.37. The molecule has 2 unspecified atom stereocenters. The van der Waals surface area contributed by atoms with Gasteiger partial charge in [0.15, 0.2) is 17.4 Å². The first-order chi connectivity index (χ1) is 15.5. The Labute approximate surface area is 200 Å². The van der Waals surface area contributed by atoms with Crippen molar-refractivity contribution in [2.24, 2.45) is 4.99 Å². The van der Waals surface area contributed by atoms with E-state index in [4.69, 9.17) is 4.99 Å². The summed E-state index contributed by atoms with van der Waals surface area (Å²) in [5.41, 5.74) is 0. The number of aliphatic imine (C=N–C) groups is 1. The van der Waals surface area contributed by atoms with Crippen LogP contribution in [0.15, 0.2) is 4.99 Å². The van der Waals surface area contributed by atoms with Crippen molar-refractivity contribution >= 4 is 28.9 Å². The first-order valence-electron chi connectivity index (χ1n) is 13.0. The Bertz CT molecular complexity index is 611. The van der Waals surface area contributed by atoms with Gasteiger partial charge in [-0.15, -0.1) is 0 Å². The number of amides is 3. The molecule has 0 spiro atoms. The van der Waals surface area contributed by atoms with E-state index in [0.717, 1.165) is 18.1 Å². The van der Waals surface area contributed by atoms with E-state index in [1.165, 1.54) is 83.5 Å². The summed E-state index contributed by atoms with van der Waals surface area (Å²) in [5.74, 6) is -0.216. The SMILES string of the molecule is CCCCCCCCCCCCCCCCN1C(SC(C)C)=NC2C1C(=O)NC(=O)N2C. The molecule has 0 aromatic carbocycles. The normalized spacial score (nSPS) is 20.7. The van der Waals surface area contributed by atoms with Crippen LogP contribution >= 0.6 is 11.8 Å². The summed E-state index contributed by atoms with van der Waals surface area (Å²) >= 11 is 1.69. The lowest BCUT2D eigenvalue weighted by Gasteiger charge is -2.36. The lowest BCUT2D eigenvalue weighted by atomic mass is 10.0. The highest BCUT2D eigenvalue weighted by atomic mass is 32.2. The molecule has 1 saturated heterocycles. The fourth-order valence-electron chi connectivity index (χ4n) is 4.52. The Balaban J connectivity index is 1.60. The zero-order valence-electron chi connectivity index (χ0n) is 20.9. The number of hydrogen-bond donors (Lipinski definition) is 1. The molecular weight excluding hydrogens is 420 g/mol. The molecule has 32 heavy (non-hydrogen) atoms. The second-order valence-electron chi connectivity index (χ2n) is 9.63. The lowest BCUT2D eigenvalue weighted by Crippen LogP contribution is -2.63. The fourth-order valence-corrected chi connectivity index (χ4v) is 5.45. The minimum absolute atomic E-state index is 0.216. The van der Waals surface area contributed by atoms with Crippen LogP contribution in [0, 0.1) is 0 Å². The summed E-state index contributed by atoms with van der Waals surface area (Å²) in [7, 11) is 1.72. The number of thioether (sulfide) groups is 1. The van der Waals surface area contributed by atoms with Crippen LogP contribution in [0.2, 0.25) is 0 Å². The van der Waals surface area contributed by atoms with Gasteiger partial charge >= 0.3 is 6.03 Å². The van der Waals surface area contributed by atoms with Gasteiger partial charge in [0, 0.05) is 18.8 Å². The van der Waals surface area contributed by atoms with Crippen molar-refractivity contribution in [1.82, 2.24) is 15.1 Å². The largest absolute Gasteiger partial charge is 0.336 e. The van der Waals surface area contributed by atoms with Crippen LogP contribution in [-0.2, 0) is 4.79 Å². The van der Waals surface area contributed by atoms with E-state index in [2.05, 4.69) is 31.0 Å². The number of unbranched alkanes of at least 4 members (excludes halogenated alkanes) is 13. The number of hydrogen-bond acceptors (Lipinski definition) is 5. The number of carbonyl (C=O) groups is 2. The van der Waals surface area contributed by atoms with E-state index in [0.29, 0.717) is 5.25 Å². The number of urea groups is 1. The van der Waals surface area contributed by atoms with Crippen molar-refractivity contribution in [3.8, 4) is 0 Å². The third-order valence-electron chi connectivity index (χ3n) is 6.42. The molecule has 1 fully saturated rings. The quantitative estimate of drug-likeness (QED) is 0.277. The van der Waals surface area contributed by atoms with Gasteiger partial charge in [0.05, 0.1) is 0 Å². The summed E-state index contributed by atoms with van der Waals surface area (Å²) in [6, 6.07) is -0.742. The number of carbonyl (C=O) groups excluding carboxylic acids is 2. The van der Waals surface area contributed by atoms with Gasteiger partial charge in [0.2, 0.25) is 0 Å². The average molecular weight is 467 g/mol. The molecule has 0 saturated carbocycles. The predicted octanol–water partition coefficient (Wildman–Crippen LogP) is 6.16. The Hall–Kier alpha value is -1.24. The van der Waals surface area contributed by atoms with Crippen molar-refractivity contribution in [1.29, 1.82) is 0 Å². The Kier molecular flexibility index (Phi) is 12.5. The highest BCUT2D eigenvalue weighted by Crippen LogP contribution is 2.30. The van der Waals surface area contributed by atoms with Crippen LogP contribution in [-0.4, -0.2) is 58.0 Å². The van der Waals surface area contributed by atoms with E-state index in [1.54, 1.807) is 23.7 Å². The van der Waals surface area contributed by atoms with Gasteiger partial charge in [0.1, 0.15) is 0 Å². The first-order valence-corrected chi connectivity index (χ1v) is 13.9. The molecule has 3 amide bonds. The van der Waals surface area contributed by atoms with E-state index in [1.807, 2.05) is 0 Å². The van der Waals surface area contributed by atoms with Gasteiger partial charge in [-0.25, -0.2) is 9.79 Å². The molecule has 0 aliphatic carbocycles. The van der Waals surface area contributed by atoms with Crippen molar-refractivity contribution in [2.45, 2.75) is 128 Å². The number of fused-ring (bicyclic) bond motifs is 1. The molecule has 2 heterocycles. The van der Waals surface area contributed by atoms with Gasteiger partial charge in [-0.3, -0.25) is 10.1 Å². The number of amidine groups is 1. The molecule has 0 aromatic heterocycles. The van der Waals surface area contributed by atoms with Crippen molar-refractivity contribution in [3.05, 3.63) is 0 Å². The first kappa shape index (κ1) is 27.0.